The molecule has 0 radical (unpaired) electrons. The van der Waals surface area contributed by atoms with Crippen LogP contribution in [0.4, 0.5) is 11.6 Å². The summed E-state index contributed by atoms with van der Waals surface area (Å²) in [5.41, 5.74) is 0. The minimum atomic E-state index is 0.805. The van der Waals surface area contributed by atoms with E-state index in [0.717, 1.165) is 48.8 Å². The maximum Gasteiger partial charge on any atom is 0.134 e. The number of aromatic nitrogens is 2. The second-order valence-electron chi connectivity index (χ2n) is 4.98. The Balaban J connectivity index is 2.09. The molecule has 1 aromatic heterocycles. The summed E-state index contributed by atoms with van der Waals surface area (Å²) in [7, 11) is 0. The molecule has 0 unspecified atom stereocenters. The zero-order chi connectivity index (χ0) is 13.0. The van der Waals surface area contributed by atoms with E-state index in [4.69, 9.17) is 0 Å². The zero-order valence-electron chi connectivity index (χ0n) is 11.2. The number of nitrogens with one attached hydrogen (secondary N) is 1. The molecule has 1 fully saturated rings. The summed E-state index contributed by atoms with van der Waals surface area (Å²) in [6, 6.07) is 2.05. The Kier molecular flexibility index (Phi) is 4.69. The van der Waals surface area contributed by atoms with Crippen LogP contribution in [0, 0.1) is 12.8 Å². The van der Waals surface area contributed by atoms with Gasteiger partial charge in [-0.2, -0.15) is 12.6 Å². The predicted molar refractivity (Wildman–Crippen MR) is 79.7 cm³/mol. The highest BCUT2D eigenvalue weighted by atomic mass is 32.1. The zero-order valence-corrected chi connectivity index (χ0v) is 12.1. The van der Waals surface area contributed by atoms with Gasteiger partial charge in [0.05, 0.1) is 0 Å². The van der Waals surface area contributed by atoms with Crippen molar-refractivity contribution in [2.24, 2.45) is 5.92 Å². The van der Waals surface area contributed by atoms with Gasteiger partial charge >= 0.3 is 0 Å². The Hall–Kier alpha value is -0.970. The molecule has 5 heteroatoms. The third-order valence-corrected chi connectivity index (χ3v) is 3.57. The van der Waals surface area contributed by atoms with Gasteiger partial charge in [-0.05, 0) is 25.7 Å². The molecule has 18 heavy (non-hydrogen) atoms. The highest BCUT2D eigenvalue weighted by Crippen LogP contribution is 2.22. The third-order valence-electron chi connectivity index (χ3n) is 3.35. The van der Waals surface area contributed by atoms with Gasteiger partial charge in [0.15, 0.2) is 0 Å². The lowest BCUT2D eigenvalue weighted by molar-refractivity contribution is 0.436. The second kappa shape index (κ2) is 6.27. The lowest BCUT2D eigenvalue weighted by Crippen LogP contribution is -2.33. The maximum absolute atomic E-state index is 4.55. The van der Waals surface area contributed by atoms with Gasteiger partial charge in [-0.1, -0.05) is 6.92 Å². The first-order valence-corrected chi connectivity index (χ1v) is 7.27. The molecule has 0 aromatic carbocycles. The number of rotatable bonds is 4. The molecule has 0 aliphatic carbocycles. The highest BCUT2D eigenvalue weighted by Gasteiger charge is 2.17. The molecule has 1 aliphatic rings. The van der Waals surface area contributed by atoms with E-state index in [1.807, 2.05) is 13.0 Å². The predicted octanol–water partition coefficient (Wildman–Crippen LogP) is 2.36. The lowest BCUT2D eigenvalue weighted by Gasteiger charge is -2.31. The number of piperidine rings is 1. The fraction of sp³-hybridized carbons (Fsp3) is 0.692. The van der Waals surface area contributed by atoms with Crippen LogP contribution in [-0.4, -0.2) is 35.4 Å². The molecule has 0 spiro atoms. The average Bonchev–Trinajstić information content (AvgIpc) is 2.36. The van der Waals surface area contributed by atoms with Crippen molar-refractivity contribution in [1.82, 2.24) is 9.97 Å². The first-order chi connectivity index (χ1) is 8.69. The van der Waals surface area contributed by atoms with E-state index in [1.54, 1.807) is 0 Å². The standard InChI is InChI=1S/C13H22N4S/c1-10-3-6-17(7-4-10)13-9-12(14-5-8-18)15-11(2)16-13/h9-10,18H,3-8H2,1-2H3,(H,14,15,16). The molecular weight excluding hydrogens is 244 g/mol. The van der Waals surface area contributed by atoms with Crippen LogP contribution in [0.25, 0.3) is 0 Å². The van der Waals surface area contributed by atoms with E-state index >= 15 is 0 Å². The van der Waals surface area contributed by atoms with Crippen molar-refractivity contribution in [3.05, 3.63) is 11.9 Å². The Morgan fingerprint density at radius 2 is 2.11 bits per heavy atom. The van der Waals surface area contributed by atoms with Gasteiger partial charge in [0.1, 0.15) is 17.5 Å². The molecule has 2 rings (SSSR count). The number of hydrogen-bond donors (Lipinski definition) is 2. The van der Waals surface area contributed by atoms with E-state index in [2.05, 4.69) is 39.7 Å². The smallest absolute Gasteiger partial charge is 0.134 e. The van der Waals surface area contributed by atoms with E-state index in [9.17, 15) is 0 Å². The maximum atomic E-state index is 4.55. The molecular formula is C13H22N4S. The number of anilines is 2. The van der Waals surface area contributed by atoms with Crippen LogP contribution in [0.5, 0.6) is 0 Å². The van der Waals surface area contributed by atoms with Gasteiger partial charge in [0.25, 0.3) is 0 Å². The average molecular weight is 266 g/mol. The van der Waals surface area contributed by atoms with Gasteiger partial charge in [0.2, 0.25) is 0 Å². The minimum absolute atomic E-state index is 0.805. The van der Waals surface area contributed by atoms with E-state index < -0.39 is 0 Å². The number of nitrogens with zero attached hydrogens (tertiary/aromatic N) is 3. The van der Waals surface area contributed by atoms with Crippen molar-refractivity contribution in [2.45, 2.75) is 26.7 Å². The Labute approximate surface area is 115 Å². The van der Waals surface area contributed by atoms with Crippen molar-refractivity contribution < 1.29 is 0 Å². The van der Waals surface area contributed by atoms with Crippen LogP contribution >= 0.6 is 12.6 Å². The molecule has 0 atom stereocenters. The van der Waals surface area contributed by atoms with E-state index in [-0.39, 0.29) is 0 Å². The molecule has 0 saturated carbocycles. The number of aryl methyl sites for hydroxylation is 1. The first-order valence-electron chi connectivity index (χ1n) is 6.64. The van der Waals surface area contributed by atoms with E-state index in [0.29, 0.717) is 0 Å². The quantitative estimate of drug-likeness (QED) is 0.821. The molecule has 4 nitrogen and oxygen atoms in total. The van der Waals surface area contributed by atoms with Crippen molar-refractivity contribution in [2.75, 3.05) is 35.6 Å². The van der Waals surface area contributed by atoms with Crippen LogP contribution < -0.4 is 10.2 Å². The fourth-order valence-electron chi connectivity index (χ4n) is 2.23. The molecule has 1 saturated heterocycles. The second-order valence-corrected chi connectivity index (χ2v) is 5.43. The molecule has 1 N–H and O–H groups in total. The minimum Gasteiger partial charge on any atom is -0.369 e. The van der Waals surface area contributed by atoms with Crippen molar-refractivity contribution in [1.29, 1.82) is 0 Å². The van der Waals surface area contributed by atoms with Crippen LogP contribution in [0.3, 0.4) is 0 Å². The topological polar surface area (TPSA) is 41.1 Å². The molecule has 2 heterocycles. The molecule has 0 amide bonds. The fourth-order valence-corrected chi connectivity index (χ4v) is 2.34. The Bertz CT molecular complexity index is 389. The van der Waals surface area contributed by atoms with Crippen molar-refractivity contribution in [3.63, 3.8) is 0 Å². The summed E-state index contributed by atoms with van der Waals surface area (Å²) in [6.45, 7) is 7.30. The van der Waals surface area contributed by atoms with Gasteiger partial charge < -0.3 is 10.2 Å². The van der Waals surface area contributed by atoms with Crippen molar-refractivity contribution >= 4 is 24.3 Å². The van der Waals surface area contributed by atoms with Gasteiger partial charge in [0, 0.05) is 31.5 Å². The number of thiol groups is 1. The molecule has 1 aromatic rings. The lowest BCUT2D eigenvalue weighted by atomic mass is 9.99. The summed E-state index contributed by atoms with van der Waals surface area (Å²) in [6.07, 6.45) is 2.50. The molecule has 1 aliphatic heterocycles. The molecule has 0 bridgehead atoms. The summed E-state index contributed by atoms with van der Waals surface area (Å²) >= 11 is 4.20. The highest BCUT2D eigenvalue weighted by molar-refractivity contribution is 7.80. The first kappa shape index (κ1) is 13.5. The van der Waals surface area contributed by atoms with Crippen LogP contribution in [0.15, 0.2) is 6.07 Å². The van der Waals surface area contributed by atoms with Crippen LogP contribution in [-0.2, 0) is 0 Å². The Morgan fingerprint density at radius 1 is 1.39 bits per heavy atom. The van der Waals surface area contributed by atoms with Gasteiger partial charge in [-0.25, -0.2) is 9.97 Å². The van der Waals surface area contributed by atoms with Gasteiger partial charge in [-0.3, -0.25) is 0 Å². The SMILES string of the molecule is Cc1nc(NCCS)cc(N2CCC(C)CC2)n1. The summed E-state index contributed by atoms with van der Waals surface area (Å²) in [5.74, 6) is 4.43. The van der Waals surface area contributed by atoms with Crippen LogP contribution in [0.1, 0.15) is 25.6 Å². The normalized spacial score (nSPS) is 16.9. The molecule has 100 valence electrons. The largest absolute Gasteiger partial charge is 0.369 e. The van der Waals surface area contributed by atoms with Crippen molar-refractivity contribution in [3.8, 4) is 0 Å². The Morgan fingerprint density at radius 3 is 2.78 bits per heavy atom. The summed E-state index contributed by atoms with van der Waals surface area (Å²) in [4.78, 5) is 11.3. The monoisotopic (exact) mass is 266 g/mol. The number of hydrogen-bond acceptors (Lipinski definition) is 5. The van der Waals surface area contributed by atoms with E-state index in [1.165, 1.54) is 12.8 Å². The van der Waals surface area contributed by atoms with Gasteiger partial charge in [-0.15, -0.1) is 0 Å². The summed E-state index contributed by atoms with van der Waals surface area (Å²) < 4.78 is 0. The van der Waals surface area contributed by atoms with Crippen LogP contribution in [0.2, 0.25) is 0 Å². The third kappa shape index (κ3) is 3.51. The summed E-state index contributed by atoms with van der Waals surface area (Å²) in [5, 5.41) is 3.27.